The van der Waals surface area contributed by atoms with Crippen LogP contribution in [0.25, 0.3) is 27.6 Å². The van der Waals surface area contributed by atoms with Crippen LogP contribution < -0.4 is 4.90 Å². The van der Waals surface area contributed by atoms with Crippen LogP contribution in [0, 0.1) is 13.8 Å². The lowest BCUT2D eigenvalue weighted by Gasteiger charge is -2.43. The molecule has 0 saturated carbocycles. The van der Waals surface area contributed by atoms with Crippen molar-refractivity contribution in [3.63, 3.8) is 0 Å². The lowest BCUT2D eigenvalue weighted by atomic mass is 9.72. The summed E-state index contributed by atoms with van der Waals surface area (Å²) in [4.78, 5) is 13.3. The van der Waals surface area contributed by atoms with E-state index in [1.54, 1.807) is 0 Å². The SMILES string of the molecule is Cc1ccc2c(c1)C(C)(C)c1cc3c4cc(C)ccc4n(-c4cc(C(C)(C)C)ccn4)c3cc1N2c1cc(C2=N[C@]3(C)c4ccccc4Cc4ccccc4[C@]3(C)O2)cc(C(C)(C)C)c1. The van der Waals surface area contributed by atoms with E-state index in [0.29, 0.717) is 5.90 Å². The zero-order valence-electron chi connectivity index (χ0n) is 40.1. The van der Waals surface area contributed by atoms with Crippen LogP contribution in [0.2, 0.25) is 0 Å². The Balaban J connectivity index is 1.18. The van der Waals surface area contributed by atoms with Crippen LogP contribution in [0.15, 0.2) is 139 Å². The summed E-state index contributed by atoms with van der Waals surface area (Å²) in [7, 11) is 0. The highest BCUT2D eigenvalue weighted by Crippen LogP contribution is 2.57. The predicted molar refractivity (Wildman–Crippen MR) is 270 cm³/mol. The van der Waals surface area contributed by atoms with Gasteiger partial charge in [0.1, 0.15) is 11.4 Å². The van der Waals surface area contributed by atoms with Crippen molar-refractivity contribution in [1.29, 1.82) is 0 Å². The maximum Gasteiger partial charge on any atom is 0.218 e. The van der Waals surface area contributed by atoms with Gasteiger partial charge in [0.25, 0.3) is 0 Å². The summed E-state index contributed by atoms with van der Waals surface area (Å²) < 4.78 is 9.81. The highest BCUT2D eigenvalue weighted by atomic mass is 16.5. The number of aliphatic imine (C=N–C) groups is 1. The summed E-state index contributed by atoms with van der Waals surface area (Å²) in [6.45, 7) is 27.4. The lowest BCUT2D eigenvalue weighted by molar-refractivity contribution is 0.0289. The molecule has 0 spiro atoms. The van der Waals surface area contributed by atoms with Crippen molar-refractivity contribution in [3.8, 4) is 5.82 Å². The van der Waals surface area contributed by atoms with E-state index in [1.807, 2.05) is 6.20 Å². The molecule has 5 heteroatoms. The summed E-state index contributed by atoms with van der Waals surface area (Å²) in [5.74, 6) is 1.60. The number of hydrogen-bond acceptors (Lipinski definition) is 4. The minimum absolute atomic E-state index is 0.0312. The molecule has 0 amide bonds. The number of nitrogens with zero attached hydrogens (tertiary/aromatic N) is 4. The number of benzene rings is 6. The van der Waals surface area contributed by atoms with Crippen LogP contribution >= 0.6 is 0 Å². The van der Waals surface area contributed by atoms with Gasteiger partial charge in [-0.15, -0.1) is 0 Å². The van der Waals surface area contributed by atoms with Crippen molar-refractivity contribution in [2.75, 3.05) is 4.90 Å². The van der Waals surface area contributed by atoms with Gasteiger partial charge in [-0.25, -0.2) is 9.98 Å². The van der Waals surface area contributed by atoms with E-state index in [-0.39, 0.29) is 16.2 Å². The minimum atomic E-state index is -0.731. The molecule has 11 rings (SSSR count). The number of hydrogen-bond donors (Lipinski definition) is 0. The van der Waals surface area contributed by atoms with Gasteiger partial charge < -0.3 is 9.64 Å². The Morgan fingerprint density at radius 3 is 1.95 bits per heavy atom. The molecule has 65 heavy (non-hydrogen) atoms. The molecule has 0 fully saturated rings. The van der Waals surface area contributed by atoms with E-state index < -0.39 is 11.1 Å². The fraction of sp³-hybridized carbons (Fsp3) is 0.300. The second kappa shape index (κ2) is 13.8. The predicted octanol–water partition coefficient (Wildman–Crippen LogP) is 15.0. The van der Waals surface area contributed by atoms with E-state index in [1.165, 1.54) is 72.1 Å². The second-order valence-corrected chi connectivity index (χ2v) is 22.0. The molecule has 2 aliphatic heterocycles. The molecule has 0 bridgehead atoms. The Kier molecular flexibility index (Phi) is 8.75. The molecule has 6 aromatic carbocycles. The summed E-state index contributed by atoms with van der Waals surface area (Å²) in [5.41, 5.74) is 17.3. The second-order valence-electron chi connectivity index (χ2n) is 22.0. The van der Waals surface area contributed by atoms with Gasteiger partial charge in [-0.2, -0.15) is 0 Å². The summed E-state index contributed by atoms with van der Waals surface area (Å²) in [5, 5.41) is 2.46. The molecule has 8 aromatic rings. The van der Waals surface area contributed by atoms with Gasteiger partial charge in [-0.3, -0.25) is 4.57 Å². The van der Waals surface area contributed by atoms with Gasteiger partial charge in [0.15, 0.2) is 5.60 Å². The molecule has 2 aromatic heterocycles. The molecule has 0 N–H and O–H groups in total. The molecular formula is C60H60N4O. The van der Waals surface area contributed by atoms with Crippen LogP contribution in [0.5, 0.6) is 0 Å². The summed E-state index contributed by atoms with van der Waals surface area (Å²) >= 11 is 0. The lowest BCUT2D eigenvalue weighted by Crippen LogP contribution is -2.42. The molecule has 0 unspecified atom stereocenters. The Morgan fingerprint density at radius 1 is 0.569 bits per heavy atom. The van der Waals surface area contributed by atoms with Crippen LogP contribution in [0.3, 0.4) is 0 Å². The third-order valence-corrected chi connectivity index (χ3v) is 15.2. The number of pyridine rings is 1. The first-order valence-electron chi connectivity index (χ1n) is 23.4. The van der Waals surface area contributed by atoms with Crippen molar-refractivity contribution in [3.05, 3.63) is 195 Å². The van der Waals surface area contributed by atoms with Crippen molar-refractivity contribution < 1.29 is 4.74 Å². The molecule has 1 aliphatic carbocycles. The zero-order valence-corrected chi connectivity index (χ0v) is 40.1. The van der Waals surface area contributed by atoms with Gasteiger partial charge in [0, 0.05) is 39.2 Å². The number of ether oxygens (including phenoxy) is 1. The third-order valence-electron chi connectivity index (χ3n) is 15.2. The van der Waals surface area contributed by atoms with Crippen LogP contribution in [-0.2, 0) is 38.5 Å². The van der Waals surface area contributed by atoms with E-state index >= 15 is 0 Å². The molecule has 0 saturated heterocycles. The smallest absolute Gasteiger partial charge is 0.218 e. The maximum absolute atomic E-state index is 7.42. The molecule has 2 atom stereocenters. The van der Waals surface area contributed by atoms with Crippen molar-refractivity contribution in [2.24, 2.45) is 4.99 Å². The summed E-state index contributed by atoms with van der Waals surface area (Å²) in [6, 6.07) is 47.8. The van der Waals surface area contributed by atoms with Crippen LogP contribution in [0.4, 0.5) is 17.1 Å². The molecule has 4 heterocycles. The average molecular weight is 853 g/mol. The van der Waals surface area contributed by atoms with Gasteiger partial charge in [-0.1, -0.05) is 133 Å². The van der Waals surface area contributed by atoms with Gasteiger partial charge in [0.2, 0.25) is 5.90 Å². The van der Waals surface area contributed by atoms with Crippen molar-refractivity contribution in [1.82, 2.24) is 9.55 Å². The topological polar surface area (TPSA) is 42.7 Å². The molecule has 3 aliphatic rings. The number of aryl methyl sites for hydroxylation is 2. The highest BCUT2D eigenvalue weighted by molar-refractivity contribution is 6.12. The molecular weight excluding hydrogens is 793 g/mol. The van der Waals surface area contributed by atoms with Gasteiger partial charge in [0.05, 0.1) is 22.4 Å². The maximum atomic E-state index is 7.42. The monoisotopic (exact) mass is 852 g/mol. The fourth-order valence-corrected chi connectivity index (χ4v) is 11.2. The third kappa shape index (κ3) is 6.10. The van der Waals surface area contributed by atoms with Crippen LogP contribution in [-0.4, -0.2) is 15.4 Å². The first kappa shape index (κ1) is 41.3. The standard InChI is InChI=1S/C60H60N4O/c1-36-21-23-50-44(27-36)45-34-49-53(35-52(45)64(50)54-33-41(25-26-61-54)56(3,4)5)63(51-24-22-37(2)28-48(51)58(49,9)10)43-31-40(30-42(32-43)57(6,7)8)55-62-59(11)46-19-15-13-17-38(46)29-39-18-14-16-20-47(39)60(59,12)65-55/h13-28,30-35H,29H2,1-12H3/t59-,60+/m1/s1. The summed E-state index contributed by atoms with van der Waals surface area (Å²) in [6.07, 6.45) is 2.82. The number of aromatic nitrogens is 2. The Labute approximate surface area is 384 Å². The largest absolute Gasteiger partial charge is 0.463 e. The fourth-order valence-electron chi connectivity index (χ4n) is 11.2. The van der Waals surface area contributed by atoms with E-state index in [9.17, 15) is 0 Å². The van der Waals surface area contributed by atoms with E-state index in [0.717, 1.165) is 40.2 Å². The first-order chi connectivity index (χ1) is 30.8. The number of rotatable bonds is 3. The van der Waals surface area contributed by atoms with Gasteiger partial charge >= 0.3 is 0 Å². The Morgan fingerprint density at radius 2 is 1.22 bits per heavy atom. The van der Waals surface area contributed by atoms with E-state index in [4.69, 9.17) is 14.7 Å². The Hall–Kier alpha value is -6.46. The van der Waals surface area contributed by atoms with Crippen molar-refractivity contribution in [2.45, 2.75) is 117 Å². The highest BCUT2D eigenvalue weighted by Gasteiger charge is 2.57. The minimum Gasteiger partial charge on any atom is -0.463 e. The Bertz CT molecular complexity index is 3330. The van der Waals surface area contributed by atoms with Gasteiger partial charge in [-0.05, 0) is 145 Å². The average Bonchev–Trinajstić information content (AvgIpc) is 3.71. The first-order valence-corrected chi connectivity index (χ1v) is 23.4. The molecule has 5 nitrogen and oxygen atoms in total. The number of fused-ring (bicyclic) bond motifs is 10. The zero-order chi connectivity index (χ0) is 45.6. The van der Waals surface area contributed by atoms with E-state index in [2.05, 4.69) is 220 Å². The normalized spacial score (nSPS) is 19.8. The quantitative estimate of drug-likeness (QED) is 0.178. The molecule has 326 valence electrons. The number of anilines is 3. The molecule has 0 radical (unpaired) electrons. The van der Waals surface area contributed by atoms with Crippen LogP contribution in [0.1, 0.15) is 130 Å². The van der Waals surface area contributed by atoms with Crippen molar-refractivity contribution >= 4 is 44.8 Å².